The van der Waals surface area contributed by atoms with Crippen LogP contribution in [-0.2, 0) is 19.4 Å². The summed E-state index contributed by atoms with van der Waals surface area (Å²) < 4.78 is 7.30. The minimum atomic E-state index is 0.607. The molecule has 4 nitrogen and oxygen atoms in total. The van der Waals surface area contributed by atoms with Crippen LogP contribution in [0.1, 0.15) is 25.2 Å². The van der Waals surface area contributed by atoms with Gasteiger partial charge in [0.25, 0.3) is 0 Å². The summed E-state index contributed by atoms with van der Waals surface area (Å²) in [4.78, 5) is 0. The van der Waals surface area contributed by atoms with Crippen LogP contribution in [0.2, 0.25) is 0 Å². The van der Waals surface area contributed by atoms with E-state index < -0.39 is 0 Å². The predicted octanol–water partition coefficient (Wildman–Crippen LogP) is 2.73. The first-order valence-corrected chi connectivity index (χ1v) is 6.68. The Bertz CT molecular complexity index is 502. The summed E-state index contributed by atoms with van der Waals surface area (Å²) in [5, 5.41) is 8.21. The van der Waals surface area contributed by atoms with Gasteiger partial charge < -0.3 is 9.30 Å². The second-order valence-electron chi connectivity index (χ2n) is 5.14. The molecule has 0 aliphatic carbocycles. The van der Waals surface area contributed by atoms with Crippen LogP contribution in [0.5, 0.6) is 5.75 Å². The Morgan fingerprint density at radius 1 is 1.16 bits per heavy atom. The third-order valence-corrected chi connectivity index (χ3v) is 3.05. The van der Waals surface area contributed by atoms with Crippen molar-refractivity contribution in [3.05, 3.63) is 42.0 Å². The van der Waals surface area contributed by atoms with E-state index in [1.807, 2.05) is 18.5 Å². The topological polar surface area (TPSA) is 39.9 Å². The molecular weight excluding hydrogens is 238 g/mol. The van der Waals surface area contributed by atoms with Gasteiger partial charge in [0.05, 0.1) is 7.11 Å². The minimum absolute atomic E-state index is 0.607. The van der Waals surface area contributed by atoms with Crippen LogP contribution in [0.4, 0.5) is 0 Å². The minimum Gasteiger partial charge on any atom is -0.497 e. The smallest absolute Gasteiger partial charge is 0.133 e. The van der Waals surface area contributed by atoms with Crippen LogP contribution in [0, 0.1) is 5.92 Å². The van der Waals surface area contributed by atoms with Crippen molar-refractivity contribution < 1.29 is 4.74 Å². The molecule has 0 aliphatic heterocycles. The Kier molecular flexibility index (Phi) is 4.55. The molecule has 0 bridgehead atoms. The molecule has 19 heavy (non-hydrogen) atoms. The molecule has 0 N–H and O–H groups in total. The molecule has 4 heteroatoms. The van der Waals surface area contributed by atoms with Crippen molar-refractivity contribution in [1.29, 1.82) is 0 Å². The van der Waals surface area contributed by atoms with E-state index in [1.54, 1.807) is 7.11 Å². The Labute approximate surface area is 114 Å². The van der Waals surface area contributed by atoms with Gasteiger partial charge in [-0.1, -0.05) is 26.0 Å². The normalized spacial score (nSPS) is 10.9. The van der Waals surface area contributed by atoms with Gasteiger partial charge in [-0.25, -0.2) is 0 Å². The highest BCUT2D eigenvalue weighted by Gasteiger charge is 2.06. The molecule has 1 aromatic carbocycles. The van der Waals surface area contributed by atoms with Gasteiger partial charge in [0.1, 0.15) is 17.9 Å². The third-order valence-electron chi connectivity index (χ3n) is 3.05. The molecule has 0 radical (unpaired) electrons. The average Bonchev–Trinajstić information content (AvgIpc) is 2.83. The van der Waals surface area contributed by atoms with Crippen LogP contribution >= 0.6 is 0 Å². The second kappa shape index (κ2) is 6.36. The standard InChI is InChI=1S/C15H21N3O/c1-12(2)10-18-11-16-17-15(18)9-6-13-4-7-14(19-3)8-5-13/h4-5,7-8,11-12H,6,9-10H2,1-3H3. The lowest BCUT2D eigenvalue weighted by Crippen LogP contribution is -2.08. The van der Waals surface area contributed by atoms with Crippen molar-refractivity contribution in [2.45, 2.75) is 33.2 Å². The Morgan fingerprint density at radius 2 is 1.89 bits per heavy atom. The van der Waals surface area contributed by atoms with Gasteiger partial charge in [0.15, 0.2) is 0 Å². The molecule has 1 heterocycles. The summed E-state index contributed by atoms with van der Waals surface area (Å²) in [5.74, 6) is 2.56. The maximum Gasteiger partial charge on any atom is 0.133 e. The van der Waals surface area contributed by atoms with Gasteiger partial charge in [0.2, 0.25) is 0 Å². The van der Waals surface area contributed by atoms with E-state index >= 15 is 0 Å². The number of ether oxygens (including phenoxy) is 1. The number of hydrogen-bond acceptors (Lipinski definition) is 3. The van der Waals surface area contributed by atoms with Crippen molar-refractivity contribution in [2.24, 2.45) is 5.92 Å². The highest BCUT2D eigenvalue weighted by atomic mass is 16.5. The first-order chi connectivity index (χ1) is 9.19. The van der Waals surface area contributed by atoms with E-state index in [2.05, 4.69) is 40.7 Å². The van der Waals surface area contributed by atoms with E-state index in [-0.39, 0.29) is 0 Å². The summed E-state index contributed by atoms with van der Waals surface area (Å²) in [6, 6.07) is 8.19. The maximum absolute atomic E-state index is 5.16. The largest absolute Gasteiger partial charge is 0.497 e. The predicted molar refractivity (Wildman–Crippen MR) is 75.3 cm³/mol. The number of aryl methyl sites for hydroxylation is 2. The molecule has 0 atom stereocenters. The third kappa shape index (κ3) is 3.81. The van der Waals surface area contributed by atoms with Crippen LogP contribution in [0.15, 0.2) is 30.6 Å². The molecule has 0 amide bonds. The molecule has 0 saturated heterocycles. The highest BCUT2D eigenvalue weighted by molar-refractivity contribution is 5.27. The van der Waals surface area contributed by atoms with Crippen LogP contribution in [0.25, 0.3) is 0 Å². The quantitative estimate of drug-likeness (QED) is 0.800. The van der Waals surface area contributed by atoms with Gasteiger partial charge in [0, 0.05) is 13.0 Å². The highest BCUT2D eigenvalue weighted by Crippen LogP contribution is 2.13. The van der Waals surface area contributed by atoms with Crippen molar-refractivity contribution in [3.63, 3.8) is 0 Å². The monoisotopic (exact) mass is 259 g/mol. The van der Waals surface area contributed by atoms with E-state index in [0.29, 0.717) is 5.92 Å². The van der Waals surface area contributed by atoms with Gasteiger partial charge in [-0.3, -0.25) is 0 Å². The van der Waals surface area contributed by atoms with E-state index in [0.717, 1.165) is 31.0 Å². The maximum atomic E-state index is 5.16. The molecule has 0 fully saturated rings. The molecule has 102 valence electrons. The molecular formula is C15H21N3O. The first-order valence-electron chi connectivity index (χ1n) is 6.68. The number of benzene rings is 1. The Balaban J connectivity index is 1.96. The lowest BCUT2D eigenvalue weighted by molar-refractivity contribution is 0.414. The molecule has 2 rings (SSSR count). The molecule has 0 saturated carbocycles. The Morgan fingerprint density at radius 3 is 2.53 bits per heavy atom. The van der Waals surface area contributed by atoms with Crippen LogP contribution < -0.4 is 4.74 Å². The molecule has 0 unspecified atom stereocenters. The van der Waals surface area contributed by atoms with Crippen molar-refractivity contribution in [2.75, 3.05) is 7.11 Å². The summed E-state index contributed by atoms with van der Waals surface area (Å²) in [6.45, 7) is 5.38. The number of nitrogens with zero attached hydrogens (tertiary/aromatic N) is 3. The zero-order valence-corrected chi connectivity index (χ0v) is 11.8. The SMILES string of the molecule is COc1ccc(CCc2nncn2CC(C)C)cc1. The summed E-state index contributed by atoms with van der Waals surface area (Å²) in [5.41, 5.74) is 1.29. The molecule has 2 aromatic rings. The number of rotatable bonds is 6. The van der Waals surface area contributed by atoms with E-state index in [1.165, 1.54) is 5.56 Å². The van der Waals surface area contributed by atoms with Crippen LogP contribution in [-0.4, -0.2) is 21.9 Å². The fraction of sp³-hybridized carbons (Fsp3) is 0.467. The molecule has 0 aliphatic rings. The van der Waals surface area contributed by atoms with Gasteiger partial charge in [-0.15, -0.1) is 10.2 Å². The number of methoxy groups -OCH3 is 1. The summed E-state index contributed by atoms with van der Waals surface area (Å²) in [6.07, 6.45) is 3.71. The average molecular weight is 259 g/mol. The van der Waals surface area contributed by atoms with E-state index in [4.69, 9.17) is 4.74 Å². The van der Waals surface area contributed by atoms with Crippen molar-refractivity contribution >= 4 is 0 Å². The van der Waals surface area contributed by atoms with Crippen molar-refractivity contribution in [1.82, 2.24) is 14.8 Å². The number of hydrogen-bond donors (Lipinski definition) is 0. The van der Waals surface area contributed by atoms with Crippen molar-refractivity contribution in [3.8, 4) is 5.75 Å². The fourth-order valence-corrected chi connectivity index (χ4v) is 2.07. The van der Waals surface area contributed by atoms with Gasteiger partial charge in [-0.05, 0) is 30.0 Å². The van der Waals surface area contributed by atoms with Crippen LogP contribution in [0.3, 0.4) is 0 Å². The van der Waals surface area contributed by atoms with Gasteiger partial charge in [-0.2, -0.15) is 0 Å². The fourth-order valence-electron chi connectivity index (χ4n) is 2.07. The Hall–Kier alpha value is -1.84. The summed E-state index contributed by atoms with van der Waals surface area (Å²) in [7, 11) is 1.68. The second-order valence-corrected chi connectivity index (χ2v) is 5.14. The number of aromatic nitrogens is 3. The zero-order valence-electron chi connectivity index (χ0n) is 11.8. The zero-order chi connectivity index (χ0) is 13.7. The summed E-state index contributed by atoms with van der Waals surface area (Å²) >= 11 is 0. The lowest BCUT2D eigenvalue weighted by atomic mass is 10.1. The van der Waals surface area contributed by atoms with E-state index in [9.17, 15) is 0 Å². The first kappa shape index (κ1) is 13.6. The molecule has 1 aromatic heterocycles. The molecule has 0 spiro atoms. The lowest BCUT2D eigenvalue weighted by Gasteiger charge is -2.09. The van der Waals surface area contributed by atoms with Gasteiger partial charge >= 0.3 is 0 Å².